The van der Waals surface area contributed by atoms with Gasteiger partial charge in [-0.2, -0.15) is 0 Å². The van der Waals surface area contributed by atoms with Crippen LogP contribution in [0.4, 0.5) is 0 Å². The van der Waals surface area contributed by atoms with Gasteiger partial charge in [0.1, 0.15) is 5.69 Å². The highest BCUT2D eigenvalue weighted by molar-refractivity contribution is 6.11. The first-order valence-corrected chi connectivity index (χ1v) is 17.9. The van der Waals surface area contributed by atoms with Gasteiger partial charge in [0.15, 0.2) is 5.82 Å². The zero-order valence-corrected chi connectivity index (χ0v) is 28.2. The van der Waals surface area contributed by atoms with Crippen LogP contribution in [-0.4, -0.2) is 14.5 Å². The van der Waals surface area contributed by atoms with Gasteiger partial charge in [-0.1, -0.05) is 146 Å². The highest BCUT2D eigenvalue weighted by Gasteiger charge is 2.31. The number of para-hydroxylation sites is 3. The summed E-state index contributed by atoms with van der Waals surface area (Å²) in [5.74, 6) is 1.03. The SMILES string of the molecule is c1ccc(-c2nc3ccccc3nc2-n2c3ccccc3c3cc(-c4ccc5c(c4)-c4c(ccc6ccccc46)C5c4ccccc4)ccc32)cc1. The molecule has 0 fully saturated rings. The molecule has 10 aromatic rings. The van der Waals surface area contributed by atoms with Crippen LogP contribution in [0.3, 0.4) is 0 Å². The summed E-state index contributed by atoms with van der Waals surface area (Å²) in [7, 11) is 0. The van der Waals surface area contributed by atoms with Gasteiger partial charge in [0.05, 0.1) is 22.1 Å². The van der Waals surface area contributed by atoms with E-state index < -0.39 is 0 Å². The van der Waals surface area contributed by atoms with Gasteiger partial charge in [-0.15, -0.1) is 0 Å². The Balaban J connectivity index is 1.13. The second kappa shape index (κ2) is 11.3. The largest absolute Gasteiger partial charge is 0.292 e. The summed E-state index contributed by atoms with van der Waals surface area (Å²) in [6, 6.07) is 65.5. The number of aromatic nitrogens is 3. The summed E-state index contributed by atoms with van der Waals surface area (Å²) in [4.78, 5) is 10.5. The number of nitrogens with zero attached hydrogens (tertiary/aromatic N) is 3. The van der Waals surface area contributed by atoms with Gasteiger partial charge in [0.25, 0.3) is 0 Å². The molecular formula is C49H31N3. The molecule has 52 heavy (non-hydrogen) atoms. The molecule has 1 atom stereocenters. The minimum absolute atomic E-state index is 0.201. The summed E-state index contributed by atoms with van der Waals surface area (Å²) < 4.78 is 2.30. The lowest BCUT2D eigenvalue weighted by atomic mass is 9.88. The van der Waals surface area contributed by atoms with E-state index in [2.05, 4.69) is 156 Å². The van der Waals surface area contributed by atoms with E-state index in [4.69, 9.17) is 9.97 Å². The molecule has 0 saturated heterocycles. The summed E-state index contributed by atoms with van der Waals surface area (Å²) in [6.45, 7) is 0. The van der Waals surface area contributed by atoms with E-state index in [1.54, 1.807) is 0 Å². The van der Waals surface area contributed by atoms with Gasteiger partial charge in [-0.3, -0.25) is 4.57 Å². The topological polar surface area (TPSA) is 30.7 Å². The van der Waals surface area contributed by atoms with Gasteiger partial charge in [0, 0.05) is 22.3 Å². The molecular weight excluding hydrogens is 631 g/mol. The average molecular weight is 662 g/mol. The summed E-state index contributed by atoms with van der Waals surface area (Å²) in [5, 5.41) is 4.96. The lowest BCUT2D eigenvalue weighted by molar-refractivity contribution is 1.02. The van der Waals surface area contributed by atoms with Crippen molar-refractivity contribution in [2.24, 2.45) is 0 Å². The summed E-state index contributed by atoms with van der Waals surface area (Å²) in [5.41, 5.74) is 15.0. The molecule has 3 heteroatoms. The molecule has 0 saturated carbocycles. The number of hydrogen-bond acceptors (Lipinski definition) is 2. The second-order valence-corrected chi connectivity index (χ2v) is 13.7. The molecule has 2 aromatic heterocycles. The molecule has 1 aliphatic rings. The van der Waals surface area contributed by atoms with Crippen molar-refractivity contribution in [2.45, 2.75) is 5.92 Å². The Morgan fingerprint density at radius 1 is 0.423 bits per heavy atom. The molecule has 1 aliphatic carbocycles. The van der Waals surface area contributed by atoms with E-state index in [-0.39, 0.29) is 5.92 Å². The normalized spacial score (nSPS) is 13.6. The molecule has 3 nitrogen and oxygen atoms in total. The Kier molecular flexibility index (Phi) is 6.31. The van der Waals surface area contributed by atoms with Crippen LogP contribution in [-0.2, 0) is 0 Å². The first-order chi connectivity index (χ1) is 25.8. The predicted octanol–water partition coefficient (Wildman–Crippen LogP) is 12.4. The smallest absolute Gasteiger partial charge is 0.165 e. The van der Waals surface area contributed by atoms with Crippen LogP contribution in [0.2, 0.25) is 0 Å². The Hall–Kier alpha value is -6.84. The third kappa shape index (κ3) is 4.33. The van der Waals surface area contributed by atoms with Gasteiger partial charge >= 0.3 is 0 Å². The van der Waals surface area contributed by atoms with Crippen LogP contribution in [0.15, 0.2) is 182 Å². The van der Waals surface area contributed by atoms with Gasteiger partial charge in [0.2, 0.25) is 0 Å². The Morgan fingerprint density at radius 3 is 1.90 bits per heavy atom. The van der Waals surface area contributed by atoms with E-state index >= 15 is 0 Å². The van der Waals surface area contributed by atoms with Crippen molar-refractivity contribution in [3.63, 3.8) is 0 Å². The zero-order chi connectivity index (χ0) is 34.2. The second-order valence-electron chi connectivity index (χ2n) is 13.7. The van der Waals surface area contributed by atoms with Crippen molar-refractivity contribution in [3.05, 3.63) is 199 Å². The molecule has 0 aliphatic heterocycles. The molecule has 1 unspecified atom stereocenters. The van der Waals surface area contributed by atoms with Crippen LogP contribution in [0.5, 0.6) is 0 Å². The van der Waals surface area contributed by atoms with Crippen LogP contribution >= 0.6 is 0 Å². The number of benzene rings is 8. The maximum absolute atomic E-state index is 5.29. The van der Waals surface area contributed by atoms with E-state index in [0.29, 0.717) is 0 Å². The third-order valence-electron chi connectivity index (χ3n) is 10.9. The van der Waals surface area contributed by atoms with E-state index in [9.17, 15) is 0 Å². The first kappa shape index (κ1) is 28.9. The molecule has 0 bridgehead atoms. The van der Waals surface area contributed by atoms with Crippen LogP contribution in [0, 0.1) is 0 Å². The standard InChI is InChI=1S/C49H31N3/c1-3-14-32(15-4-1)46-38-26-24-34(30-41(38)47-36-18-8-7-13-31(36)23-27-39(46)47)35-25-28-45-40(29-35)37-19-9-12-22-44(37)52(45)49-48(33-16-5-2-6-17-33)50-42-20-10-11-21-43(42)51-49/h1-30,46H. The molecule has 8 aromatic carbocycles. The van der Waals surface area contributed by atoms with E-state index in [1.165, 1.54) is 60.5 Å². The molecule has 0 spiro atoms. The third-order valence-corrected chi connectivity index (χ3v) is 10.9. The van der Waals surface area contributed by atoms with Crippen molar-refractivity contribution >= 4 is 43.6 Å². The molecule has 0 amide bonds. The van der Waals surface area contributed by atoms with Crippen LogP contribution in [0.1, 0.15) is 22.6 Å². The van der Waals surface area contributed by atoms with E-state index in [1.807, 2.05) is 30.3 Å². The maximum atomic E-state index is 5.29. The molecule has 11 rings (SSSR count). The minimum atomic E-state index is 0.201. The number of fused-ring (bicyclic) bond motifs is 9. The summed E-state index contributed by atoms with van der Waals surface area (Å²) >= 11 is 0. The van der Waals surface area contributed by atoms with Crippen molar-refractivity contribution < 1.29 is 0 Å². The van der Waals surface area contributed by atoms with E-state index in [0.717, 1.165) is 39.1 Å². The fraction of sp³-hybridized carbons (Fsp3) is 0.0204. The Bertz CT molecular complexity index is 3010. The molecule has 0 N–H and O–H groups in total. The van der Waals surface area contributed by atoms with Crippen molar-refractivity contribution in [1.29, 1.82) is 0 Å². The Labute approximate surface area is 301 Å². The number of rotatable bonds is 4. The minimum Gasteiger partial charge on any atom is -0.292 e. The zero-order valence-electron chi connectivity index (χ0n) is 28.2. The van der Waals surface area contributed by atoms with Crippen LogP contribution in [0.25, 0.3) is 82.9 Å². The Morgan fingerprint density at radius 2 is 1.06 bits per heavy atom. The lowest BCUT2D eigenvalue weighted by Crippen LogP contribution is -2.03. The quantitative estimate of drug-likeness (QED) is 0.188. The fourth-order valence-corrected chi connectivity index (χ4v) is 8.52. The first-order valence-electron chi connectivity index (χ1n) is 17.9. The highest BCUT2D eigenvalue weighted by Crippen LogP contribution is 2.51. The monoisotopic (exact) mass is 661 g/mol. The molecule has 242 valence electrons. The summed E-state index contributed by atoms with van der Waals surface area (Å²) in [6.07, 6.45) is 0. The lowest BCUT2D eigenvalue weighted by Gasteiger charge is -2.15. The van der Waals surface area contributed by atoms with Crippen molar-refractivity contribution in [2.75, 3.05) is 0 Å². The van der Waals surface area contributed by atoms with Gasteiger partial charge in [-0.25, -0.2) is 9.97 Å². The predicted molar refractivity (Wildman–Crippen MR) is 215 cm³/mol. The molecule has 2 heterocycles. The van der Waals surface area contributed by atoms with Crippen molar-refractivity contribution in [3.8, 4) is 39.3 Å². The van der Waals surface area contributed by atoms with Gasteiger partial charge in [-0.05, 0) is 86.1 Å². The van der Waals surface area contributed by atoms with Gasteiger partial charge < -0.3 is 0 Å². The fourth-order valence-electron chi connectivity index (χ4n) is 8.52. The number of hydrogen-bond donors (Lipinski definition) is 0. The average Bonchev–Trinajstić information content (AvgIpc) is 3.73. The maximum Gasteiger partial charge on any atom is 0.165 e. The van der Waals surface area contributed by atoms with Crippen LogP contribution < -0.4 is 0 Å². The molecule has 0 radical (unpaired) electrons. The van der Waals surface area contributed by atoms with Crippen molar-refractivity contribution in [1.82, 2.24) is 14.5 Å². The highest BCUT2D eigenvalue weighted by atomic mass is 15.1.